The molecule has 0 aliphatic carbocycles. The lowest BCUT2D eigenvalue weighted by molar-refractivity contribution is -0.117. The average molecular weight is 166 g/mol. The van der Waals surface area contributed by atoms with E-state index < -0.39 is 0 Å². The van der Waals surface area contributed by atoms with Crippen molar-refractivity contribution >= 4 is 11.6 Å². The highest BCUT2D eigenvalue weighted by Gasteiger charge is 2.15. The summed E-state index contributed by atoms with van der Waals surface area (Å²) < 4.78 is 0. The zero-order valence-electron chi connectivity index (χ0n) is 7.72. The maximum absolute atomic E-state index is 11.1. The van der Waals surface area contributed by atoms with Crippen molar-refractivity contribution in [3.63, 3.8) is 0 Å². The van der Waals surface area contributed by atoms with Crippen molar-refractivity contribution in [3.8, 4) is 0 Å². The predicted molar refractivity (Wildman–Crippen MR) is 49.3 cm³/mol. The van der Waals surface area contributed by atoms with Crippen LogP contribution < -0.4 is 5.32 Å². The van der Waals surface area contributed by atoms with Gasteiger partial charge >= 0.3 is 0 Å². The largest absolute Gasteiger partial charge is 0.355 e. The van der Waals surface area contributed by atoms with Crippen LogP contribution >= 0.6 is 0 Å². The summed E-state index contributed by atoms with van der Waals surface area (Å²) in [5, 5.41) is 2.59. The van der Waals surface area contributed by atoms with Gasteiger partial charge in [0.2, 0.25) is 5.91 Å². The molecule has 1 aliphatic heterocycles. The summed E-state index contributed by atoms with van der Waals surface area (Å²) in [5.41, 5.74) is 1.79. The van der Waals surface area contributed by atoms with Crippen LogP contribution in [0.4, 0.5) is 0 Å². The molecule has 0 aromatic carbocycles. The summed E-state index contributed by atoms with van der Waals surface area (Å²) in [5.74, 6) is 0.390. The number of carbonyl (C=O) groups excluding carboxylic acids is 1. The molecule has 1 rings (SSSR count). The fourth-order valence-corrected chi connectivity index (χ4v) is 1.09. The minimum Gasteiger partial charge on any atom is -0.355 e. The smallest absolute Gasteiger partial charge is 0.248 e. The van der Waals surface area contributed by atoms with Gasteiger partial charge in [0.25, 0.3) is 0 Å². The van der Waals surface area contributed by atoms with E-state index in [1.165, 1.54) is 0 Å². The second kappa shape index (κ2) is 3.52. The average Bonchev–Trinajstić information content (AvgIpc) is 2.51. The van der Waals surface area contributed by atoms with E-state index in [2.05, 4.69) is 24.2 Å². The third-order valence-electron chi connectivity index (χ3n) is 1.86. The second-order valence-electron chi connectivity index (χ2n) is 3.14. The molecular weight excluding hydrogens is 152 g/mol. The van der Waals surface area contributed by atoms with Crippen LogP contribution in [0, 0.1) is 5.92 Å². The zero-order chi connectivity index (χ0) is 9.14. The summed E-state index contributed by atoms with van der Waals surface area (Å²) in [7, 11) is 1.64. The SMILES string of the molecule is CNC(=O)C1=CC(C(C)C)=NC1. The number of nitrogens with zero attached hydrogens (tertiary/aromatic N) is 1. The van der Waals surface area contributed by atoms with Crippen molar-refractivity contribution in [2.24, 2.45) is 10.9 Å². The van der Waals surface area contributed by atoms with Crippen LogP contribution in [0.1, 0.15) is 13.8 Å². The van der Waals surface area contributed by atoms with Crippen molar-refractivity contribution in [2.75, 3.05) is 13.6 Å². The lowest BCUT2D eigenvalue weighted by atomic mass is 10.1. The number of amides is 1. The Morgan fingerprint density at radius 3 is 2.75 bits per heavy atom. The third kappa shape index (κ3) is 1.72. The molecule has 1 N–H and O–H groups in total. The molecule has 66 valence electrons. The first kappa shape index (κ1) is 8.97. The number of rotatable bonds is 2. The quantitative estimate of drug-likeness (QED) is 0.646. The van der Waals surface area contributed by atoms with Crippen LogP contribution in [-0.2, 0) is 4.79 Å². The van der Waals surface area contributed by atoms with E-state index in [0.29, 0.717) is 12.5 Å². The Bertz CT molecular complexity index is 251. The third-order valence-corrected chi connectivity index (χ3v) is 1.86. The molecule has 0 saturated heterocycles. The molecule has 0 radical (unpaired) electrons. The molecule has 1 aliphatic rings. The summed E-state index contributed by atoms with van der Waals surface area (Å²) in [6.07, 6.45) is 1.88. The van der Waals surface area contributed by atoms with E-state index in [1.54, 1.807) is 7.05 Å². The van der Waals surface area contributed by atoms with Gasteiger partial charge in [-0.25, -0.2) is 0 Å². The van der Waals surface area contributed by atoms with Crippen molar-refractivity contribution in [2.45, 2.75) is 13.8 Å². The molecule has 1 heterocycles. The van der Waals surface area contributed by atoms with Gasteiger partial charge in [0, 0.05) is 18.3 Å². The molecule has 0 aromatic heterocycles. The molecule has 3 heteroatoms. The van der Waals surface area contributed by atoms with E-state index in [0.717, 1.165) is 11.3 Å². The Kier molecular flexibility index (Phi) is 2.63. The van der Waals surface area contributed by atoms with Gasteiger partial charge in [-0.3, -0.25) is 9.79 Å². The fourth-order valence-electron chi connectivity index (χ4n) is 1.09. The first-order chi connectivity index (χ1) is 5.65. The van der Waals surface area contributed by atoms with E-state index in [4.69, 9.17) is 0 Å². The lowest BCUT2D eigenvalue weighted by Crippen LogP contribution is -2.20. The summed E-state index contributed by atoms with van der Waals surface area (Å²) in [4.78, 5) is 15.4. The molecule has 0 spiro atoms. The Labute approximate surface area is 72.6 Å². The lowest BCUT2D eigenvalue weighted by Gasteiger charge is -1.99. The molecule has 0 saturated carbocycles. The Balaban J connectivity index is 2.67. The number of hydrogen-bond donors (Lipinski definition) is 1. The number of hydrogen-bond acceptors (Lipinski definition) is 2. The summed E-state index contributed by atoms with van der Waals surface area (Å²) in [6.45, 7) is 4.68. The maximum Gasteiger partial charge on any atom is 0.248 e. The van der Waals surface area contributed by atoms with Gasteiger partial charge in [-0.1, -0.05) is 13.8 Å². The summed E-state index contributed by atoms with van der Waals surface area (Å²) >= 11 is 0. The molecule has 0 atom stereocenters. The van der Waals surface area contributed by atoms with E-state index in [-0.39, 0.29) is 5.91 Å². The standard InChI is InChI=1S/C9H14N2O/c1-6(2)8-4-7(5-11-8)9(12)10-3/h4,6H,5H2,1-3H3,(H,10,12). The van der Waals surface area contributed by atoms with Crippen LogP contribution in [-0.4, -0.2) is 25.2 Å². The van der Waals surface area contributed by atoms with Gasteiger partial charge in [-0.05, 0) is 12.0 Å². The number of aliphatic imine (C=N–C) groups is 1. The van der Waals surface area contributed by atoms with Gasteiger partial charge < -0.3 is 5.32 Å². The molecule has 3 nitrogen and oxygen atoms in total. The zero-order valence-corrected chi connectivity index (χ0v) is 7.72. The molecule has 0 unspecified atom stereocenters. The minimum atomic E-state index is -0.0191. The molecule has 1 amide bonds. The van der Waals surface area contributed by atoms with E-state index in [1.807, 2.05) is 6.08 Å². The fraction of sp³-hybridized carbons (Fsp3) is 0.556. The Morgan fingerprint density at radius 2 is 2.33 bits per heavy atom. The highest BCUT2D eigenvalue weighted by Crippen LogP contribution is 2.11. The second-order valence-corrected chi connectivity index (χ2v) is 3.14. The van der Waals surface area contributed by atoms with Crippen LogP contribution in [0.3, 0.4) is 0 Å². The van der Waals surface area contributed by atoms with E-state index >= 15 is 0 Å². The highest BCUT2D eigenvalue weighted by molar-refractivity contribution is 6.07. The number of carbonyl (C=O) groups is 1. The molecular formula is C9H14N2O. The van der Waals surface area contributed by atoms with Crippen molar-refractivity contribution < 1.29 is 4.79 Å². The van der Waals surface area contributed by atoms with Gasteiger partial charge in [0.1, 0.15) is 0 Å². The van der Waals surface area contributed by atoms with Crippen LogP contribution in [0.2, 0.25) is 0 Å². The van der Waals surface area contributed by atoms with Gasteiger partial charge in [0.15, 0.2) is 0 Å². The molecule has 0 fully saturated rings. The van der Waals surface area contributed by atoms with E-state index in [9.17, 15) is 4.79 Å². The molecule has 0 bridgehead atoms. The maximum atomic E-state index is 11.1. The van der Waals surface area contributed by atoms with Gasteiger partial charge in [-0.15, -0.1) is 0 Å². The minimum absolute atomic E-state index is 0.0191. The number of likely N-dealkylation sites (N-methyl/N-ethyl adjacent to an activating group) is 1. The Hall–Kier alpha value is -1.12. The normalized spacial score (nSPS) is 16.0. The van der Waals surface area contributed by atoms with Gasteiger partial charge in [-0.2, -0.15) is 0 Å². The number of nitrogens with one attached hydrogen (secondary N) is 1. The van der Waals surface area contributed by atoms with Crippen molar-refractivity contribution in [3.05, 3.63) is 11.6 Å². The van der Waals surface area contributed by atoms with Crippen molar-refractivity contribution in [1.82, 2.24) is 5.32 Å². The van der Waals surface area contributed by atoms with Crippen molar-refractivity contribution in [1.29, 1.82) is 0 Å². The Morgan fingerprint density at radius 1 is 1.67 bits per heavy atom. The topological polar surface area (TPSA) is 41.5 Å². The van der Waals surface area contributed by atoms with Crippen LogP contribution in [0.5, 0.6) is 0 Å². The molecule has 12 heavy (non-hydrogen) atoms. The predicted octanol–water partition coefficient (Wildman–Crippen LogP) is 0.769. The van der Waals surface area contributed by atoms with Crippen LogP contribution in [0.25, 0.3) is 0 Å². The molecule has 0 aromatic rings. The monoisotopic (exact) mass is 166 g/mol. The first-order valence-corrected chi connectivity index (χ1v) is 4.12. The van der Waals surface area contributed by atoms with Crippen LogP contribution in [0.15, 0.2) is 16.6 Å². The first-order valence-electron chi connectivity index (χ1n) is 4.12. The number of allylic oxidation sites excluding steroid dienone is 1. The summed E-state index contributed by atoms with van der Waals surface area (Å²) in [6, 6.07) is 0. The van der Waals surface area contributed by atoms with Gasteiger partial charge in [0.05, 0.1) is 6.54 Å². The highest BCUT2D eigenvalue weighted by atomic mass is 16.1.